The second-order valence-electron chi connectivity index (χ2n) is 6.89. The maximum atomic E-state index is 12.9. The van der Waals surface area contributed by atoms with Gasteiger partial charge in [-0.25, -0.2) is 8.42 Å². The second-order valence-corrected chi connectivity index (χ2v) is 8.89. The van der Waals surface area contributed by atoms with E-state index in [1.807, 2.05) is 0 Å². The van der Waals surface area contributed by atoms with Crippen molar-refractivity contribution in [3.05, 3.63) is 23.8 Å². The van der Waals surface area contributed by atoms with Gasteiger partial charge in [0.15, 0.2) is 0 Å². The van der Waals surface area contributed by atoms with Crippen LogP contribution in [0.25, 0.3) is 0 Å². The fraction of sp³-hybridized carbons (Fsp3) is 0.588. The number of nitrogens with one attached hydrogen (secondary N) is 1. The van der Waals surface area contributed by atoms with E-state index >= 15 is 0 Å². The van der Waals surface area contributed by atoms with Crippen LogP contribution in [0.1, 0.15) is 51.0 Å². The summed E-state index contributed by atoms with van der Waals surface area (Å²) in [6, 6.07) is 5.01. The van der Waals surface area contributed by atoms with Crippen molar-refractivity contribution in [2.75, 3.05) is 12.4 Å². The zero-order chi connectivity index (χ0) is 16.8. The standard InChI is InChI=1S/C17H24N2O3S/c1-11-4-6-13(7-5-11)19(3)23(21,22)14-8-9-16-15(10-14)12(2)17(20)18-16/h8-13H,4-7H2,1-3H3,(H,18,20)/t11?,12-,13?/m1/s1. The van der Waals surface area contributed by atoms with Crippen molar-refractivity contribution in [2.45, 2.75) is 56.4 Å². The quantitative estimate of drug-likeness (QED) is 0.923. The van der Waals surface area contributed by atoms with Gasteiger partial charge in [0.05, 0.1) is 10.8 Å². The maximum Gasteiger partial charge on any atom is 0.243 e. The Bertz CT molecular complexity index is 721. The highest BCUT2D eigenvalue weighted by molar-refractivity contribution is 7.89. The van der Waals surface area contributed by atoms with Crippen LogP contribution in [0.15, 0.2) is 23.1 Å². The zero-order valence-corrected chi connectivity index (χ0v) is 14.7. The van der Waals surface area contributed by atoms with Crippen LogP contribution in [0.2, 0.25) is 0 Å². The summed E-state index contributed by atoms with van der Waals surface area (Å²) in [4.78, 5) is 12.0. The first-order valence-corrected chi connectivity index (χ1v) is 9.67. The molecular formula is C17H24N2O3S. The predicted octanol–water partition coefficient (Wildman–Crippen LogP) is 2.94. The van der Waals surface area contributed by atoms with Gasteiger partial charge >= 0.3 is 0 Å². The summed E-state index contributed by atoms with van der Waals surface area (Å²) < 4.78 is 27.4. The molecule has 1 atom stereocenters. The molecule has 0 bridgehead atoms. The minimum atomic E-state index is -3.52. The second kappa shape index (κ2) is 5.91. The molecular weight excluding hydrogens is 312 g/mol. The molecule has 1 fully saturated rings. The number of hydrogen-bond donors (Lipinski definition) is 1. The Balaban J connectivity index is 1.87. The number of sulfonamides is 1. The Labute approximate surface area is 138 Å². The third-order valence-corrected chi connectivity index (χ3v) is 7.22. The van der Waals surface area contributed by atoms with Crippen LogP contribution >= 0.6 is 0 Å². The number of carbonyl (C=O) groups excluding carboxylic acids is 1. The van der Waals surface area contributed by atoms with Gasteiger partial charge in [0.1, 0.15) is 0 Å². The molecule has 1 aromatic rings. The topological polar surface area (TPSA) is 66.5 Å². The average Bonchev–Trinajstić information content (AvgIpc) is 2.82. The van der Waals surface area contributed by atoms with Gasteiger partial charge < -0.3 is 5.32 Å². The summed E-state index contributed by atoms with van der Waals surface area (Å²) in [6.07, 6.45) is 3.98. The van der Waals surface area contributed by atoms with Crippen molar-refractivity contribution in [3.63, 3.8) is 0 Å². The van der Waals surface area contributed by atoms with E-state index in [0.29, 0.717) is 5.92 Å². The van der Waals surface area contributed by atoms with Crippen molar-refractivity contribution in [3.8, 4) is 0 Å². The van der Waals surface area contributed by atoms with Crippen LogP contribution in [0.4, 0.5) is 5.69 Å². The maximum absolute atomic E-state index is 12.9. The molecule has 1 N–H and O–H groups in total. The van der Waals surface area contributed by atoms with Gasteiger partial charge in [0, 0.05) is 18.8 Å². The van der Waals surface area contributed by atoms with Crippen LogP contribution in [0.5, 0.6) is 0 Å². The SMILES string of the molecule is CC1CCC(N(C)S(=O)(=O)c2ccc3c(c2)[C@@H](C)C(=O)N3)CC1. The molecule has 1 saturated carbocycles. The van der Waals surface area contributed by atoms with Crippen LogP contribution in [-0.4, -0.2) is 31.7 Å². The van der Waals surface area contributed by atoms with Crippen molar-refractivity contribution in [2.24, 2.45) is 5.92 Å². The summed E-state index contributed by atoms with van der Waals surface area (Å²) in [5.41, 5.74) is 1.48. The summed E-state index contributed by atoms with van der Waals surface area (Å²) in [6.45, 7) is 4.01. The van der Waals surface area contributed by atoms with Gasteiger partial charge in [-0.3, -0.25) is 4.79 Å². The lowest BCUT2D eigenvalue weighted by Crippen LogP contribution is -2.39. The number of nitrogens with zero attached hydrogens (tertiary/aromatic N) is 1. The molecule has 0 spiro atoms. The smallest absolute Gasteiger partial charge is 0.243 e. The predicted molar refractivity (Wildman–Crippen MR) is 89.9 cm³/mol. The van der Waals surface area contributed by atoms with E-state index in [1.165, 1.54) is 4.31 Å². The lowest BCUT2D eigenvalue weighted by molar-refractivity contribution is -0.116. The minimum Gasteiger partial charge on any atom is -0.325 e. The first kappa shape index (κ1) is 16.5. The van der Waals surface area contributed by atoms with Crippen LogP contribution < -0.4 is 5.32 Å². The van der Waals surface area contributed by atoms with Gasteiger partial charge in [0.2, 0.25) is 15.9 Å². The van der Waals surface area contributed by atoms with Crippen LogP contribution in [0.3, 0.4) is 0 Å². The number of rotatable bonds is 3. The Kier molecular flexibility index (Phi) is 4.23. The molecule has 0 aromatic heterocycles. The third kappa shape index (κ3) is 2.90. The van der Waals surface area contributed by atoms with Crippen molar-refractivity contribution in [1.29, 1.82) is 0 Å². The van der Waals surface area contributed by atoms with Gasteiger partial charge in [-0.2, -0.15) is 4.31 Å². The largest absolute Gasteiger partial charge is 0.325 e. The number of anilines is 1. The Morgan fingerprint density at radius 2 is 1.78 bits per heavy atom. The molecule has 1 heterocycles. The molecule has 1 aliphatic carbocycles. The van der Waals surface area contributed by atoms with E-state index in [9.17, 15) is 13.2 Å². The number of hydrogen-bond acceptors (Lipinski definition) is 3. The molecule has 1 aromatic carbocycles. The third-order valence-electron chi connectivity index (χ3n) is 5.32. The zero-order valence-electron chi connectivity index (χ0n) is 13.9. The van der Waals surface area contributed by atoms with Gasteiger partial charge in [-0.15, -0.1) is 0 Å². The molecule has 5 nitrogen and oxygen atoms in total. The van der Waals surface area contributed by atoms with E-state index in [-0.39, 0.29) is 22.8 Å². The van der Waals surface area contributed by atoms with Gasteiger partial charge in [0.25, 0.3) is 0 Å². The van der Waals surface area contributed by atoms with Crippen molar-refractivity contribution < 1.29 is 13.2 Å². The first-order chi connectivity index (χ1) is 10.8. The minimum absolute atomic E-state index is 0.0710. The molecule has 1 amide bonds. The van der Waals surface area contributed by atoms with Gasteiger partial charge in [-0.05, 0) is 62.3 Å². The van der Waals surface area contributed by atoms with E-state index in [4.69, 9.17) is 0 Å². The molecule has 0 saturated heterocycles. The molecule has 2 aliphatic rings. The van der Waals surface area contributed by atoms with E-state index in [1.54, 1.807) is 32.2 Å². The fourth-order valence-electron chi connectivity index (χ4n) is 3.52. The van der Waals surface area contributed by atoms with Crippen LogP contribution in [-0.2, 0) is 14.8 Å². The Morgan fingerprint density at radius 1 is 1.13 bits per heavy atom. The number of fused-ring (bicyclic) bond motifs is 1. The average molecular weight is 336 g/mol. The highest BCUT2D eigenvalue weighted by atomic mass is 32.2. The van der Waals surface area contributed by atoms with Crippen molar-refractivity contribution >= 4 is 21.6 Å². The Morgan fingerprint density at radius 3 is 2.43 bits per heavy atom. The normalized spacial score (nSPS) is 27.8. The molecule has 1 aliphatic heterocycles. The van der Waals surface area contributed by atoms with E-state index in [0.717, 1.165) is 36.9 Å². The lowest BCUT2D eigenvalue weighted by atomic mass is 9.87. The fourth-order valence-corrected chi connectivity index (χ4v) is 4.98. The summed E-state index contributed by atoms with van der Waals surface area (Å²) >= 11 is 0. The summed E-state index contributed by atoms with van der Waals surface area (Å²) in [5, 5.41) is 2.78. The van der Waals surface area contributed by atoms with Gasteiger partial charge in [-0.1, -0.05) is 6.92 Å². The number of carbonyl (C=O) groups is 1. The first-order valence-electron chi connectivity index (χ1n) is 8.23. The monoisotopic (exact) mass is 336 g/mol. The molecule has 126 valence electrons. The van der Waals surface area contributed by atoms with E-state index < -0.39 is 10.0 Å². The summed E-state index contributed by atoms with van der Waals surface area (Å²) in [7, 11) is -1.85. The highest BCUT2D eigenvalue weighted by Crippen LogP contribution is 2.35. The lowest BCUT2D eigenvalue weighted by Gasteiger charge is -2.32. The molecule has 3 rings (SSSR count). The summed E-state index contributed by atoms with van der Waals surface area (Å²) in [5.74, 6) is 0.297. The highest BCUT2D eigenvalue weighted by Gasteiger charge is 2.33. The molecule has 6 heteroatoms. The number of benzene rings is 1. The molecule has 23 heavy (non-hydrogen) atoms. The molecule has 0 radical (unpaired) electrons. The van der Waals surface area contributed by atoms with Crippen molar-refractivity contribution in [1.82, 2.24) is 4.31 Å². The molecule has 0 unspecified atom stereocenters. The van der Waals surface area contributed by atoms with E-state index in [2.05, 4.69) is 12.2 Å². The number of amides is 1. The van der Waals surface area contributed by atoms with Crippen LogP contribution in [0, 0.1) is 5.92 Å². The Hall–Kier alpha value is -1.40.